The lowest BCUT2D eigenvalue weighted by atomic mass is 9.82. The van der Waals surface area contributed by atoms with E-state index in [4.69, 9.17) is 15.0 Å². The van der Waals surface area contributed by atoms with Gasteiger partial charge in [-0.15, -0.1) is 21.5 Å². The number of nitrogens with one attached hydrogen (secondary N) is 1. The van der Waals surface area contributed by atoms with Gasteiger partial charge in [-0.25, -0.2) is 9.97 Å². The monoisotopic (exact) mass is 1130 g/mol. The number of likely N-dealkylation sites (tertiary alicyclic amines) is 2. The Labute approximate surface area is 484 Å². The molecule has 6 fully saturated rings. The number of ether oxygens (including phenoxy) is 1. The second kappa shape index (κ2) is 23.9. The predicted molar refractivity (Wildman–Crippen MR) is 317 cm³/mol. The van der Waals surface area contributed by atoms with Crippen LogP contribution >= 0.6 is 11.3 Å². The molecule has 2 amide bonds. The first-order chi connectivity index (χ1) is 39.8. The Bertz CT molecular complexity index is 3270. The highest BCUT2D eigenvalue weighted by Crippen LogP contribution is 2.41. The molecule has 430 valence electrons. The minimum absolute atomic E-state index is 0.0864. The number of piperidine rings is 2. The van der Waals surface area contributed by atoms with Gasteiger partial charge in [0.1, 0.15) is 23.8 Å². The molecule has 2 aromatic carbocycles. The number of amides is 2. The van der Waals surface area contributed by atoms with Crippen molar-refractivity contribution in [2.45, 2.75) is 128 Å². The molecule has 5 N–H and O–H groups in total. The first-order valence-electron chi connectivity index (χ1n) is 29.6. The summed E-state index contributed by atoms with van der Waals surface area (Å²) in [7, 11) is 0. The molecule has 18 nitrogen and oxygen atoms in total. The number of carbonyl (C=O) groups excluding carboxylic acids is 2. The predicted octanol–water partition coefficient (Wildman–Crippen LogP) is 8.47. The number of aliphatic hydroxyl groups is 1. The standard InChI is InChI=1S/C63H76N12O6S/c1-38(2)59(63(79)74-36-49(76)30-54(74)62(78)67-39(3)44-11-13-45(14-12-44)60-40(4)66-37-82-60)56-32-57(70-81-56)72-25-20-42(21-26-72)33-71-23-18-41(19-24-71)9-10-43-27-50(28-43)80-58-29-46(17-22-65-58)75-47-15-16-48(75)35-73(34-47)53-31-52(68-69-61(53)64)51-7-5-6-8-55(51)77/h5-8,11-14,17,22,29,31-32,37-39,41-43,47-50,54,59,76-77H,15-16,18-21,23-28,30,33-36H2,1-4H3,(H2,64,69)(H,67,78)/t39-,43?,47?,48?,49+,50?,54-,59+/m0/s1. The number of thiazole rings is 1. The second-order valence-electron chi connectivity index (χ2n) is 24.1. The first kappa shape index (κ1) is 55.3. The van der Waals surface area contributed by atoms with E-state index in [0.29, 0.717) is 58.6 Å². The van der Waals surface area contributed by atoms with Crippen LogP contribution in [0.2, 0.25) is 0 Å². The van der Waals surface area contributed by atoms with E-state index in [-0.39, 0.29) is 48.6 Å². The fraction of sp³-hybridized carbons (Fsp3) is 0.508. The highest BCUT2D eigenvalue weighted by Gasteiger charge is 2.45. The number of nitrogens with two attached hydrogens (primary N) is 1. The Kier molecular flexibility index (Phi) is 16.1. The Hall–Kier alpha value is -7.27. The number of phenols is 1. The topological polar surface area (TPSA) is 216 Å². The number of aromatic hydroxyl groups is 1. The lowest BCUT2D eigenvalue weighted by molar-refractivity contribution is -0.141. The van der Waals surface area contributed by atoms with Crippen LogP contribution in [0.1, 0.15) is 108 Å². The largest absolute Gasteiger partial charge is 0.507 e. The number of hydrogen-bond acceptors (Lipinski definition) is 17. The number of aliphatic hydroxyl groups excluding tert-OH is 1. The molecule has 1 aliphatic carbocycles. The first-order valence-corrected chi connectivity index (χ1v) is 30.5. The van der Waals surface area contributed by atoms with Crippen molar-refractivity contribution in [3.63, 3.8) is 0 Å². The molecule has 5 aliphatic heterocycles. The molecule has 6 aromatic rings. The minimum Gasteiger partial charge on any atom is -0.507 e. The van der Waals surface area contributed by atoms with Gasteiger partial charge in [-0.2, -0.15) is 0 Å². The highest BCUT2D eigenvalue weighted by molar-refractivity contribution is 7.13. The van der Waals surface area contributed by atoms with Crippen LogP contribution in [0.25, 0.3) is 21.7 Å². The summed E-state index contributed by atoms with van der Waals surface area (Å²) in [5, 5.41) is 37.5. The molecule has 0 radical (unpaired) electrons. The Morgan fingerprint density at radius 3 is 2.32 bits per heavy atom. The van der Waals surface area contributed by atoms with Gasteiger partial charge in [0.25, 0.3) is 0 Å². The van der Waals surface area contributed by atoms with Gasteiger partial charge in [-0.05, 0) is 126 Å². The molecule has 1 saturated carbocycles. The summed E-state index contributed by atoms with van der Waals surface area (Å²) >= 11 is 1.60. The maximum atomic E-state index is 14.4. The van der Waals surface area contributed by atoms with Crippen molar-refractivity contribution in [2.24, 2.45) is 23.7 Å². The molecular weight excluding hydrogens is 1050 g/mol. The van der Waals surface area contributed by atoms with Gasteiger partial charge < -0.3 is 55.0 Å². The average molecular weight is 1130 g/mol. The lowest BCUT2D eigenvalue weighted by Crippen LogP contribution is -2.54. The van der Waals surface area contributed by atoms with Crippen molar-refractivity contribution >= 4 is 46.2 Å². The van der Waals surface area contributed by atoms with E-state index in [1.807, 2.05) is 87.9 Å². The molecule has 6 aliphatic rings. The maximum Gasteiger partial charge on any atom is 0.243 e. The molecule has 82 heavy (non-hydrogen) atoms. The van der Waals surface area contributed by atoms with Crippen LogP contribution in [0.3, 0.4) is 0 Å². The van der Waals surface area contributed by atoms with Gasteiger partial charge in [-0.3, -0.25) is 9.59 Å². The van der Waals surface area contributed by atoms with Crippen LogP contribution in [0.5, 0.6) is 11.6 Å². The summed E-state index contributed by atoms with van der Waals surface area (Å²) in [4.78, 5) is 49.6. The van der Waals surface area contributed by atoms with Crippen LogP contribution in [0.4, 0.5) is 23.0 Å². The molecule has 0 spiro atoms. The van der Waals surface area contributed by atoms with Gasteiger partial charge in [0.2, 0.25) is 17.7 Å². The molecule has 5 saturated heterocycles. The highest BCUT2D eigenvalue weighted by atomic mass is 32.1. The normalized spacial score (nSPS) is 24.0. The number of piperazine rings is 1. The Balaban J connectivity index is 0.566. The van der Waals surface area contributed by atoms with Gasteiger partial charge in [0.05, 0.1) is 39.6 Å². The molecule has 4 aromatic heterocycles. The van der Waals surface area contributed by atoms with E-state index in [2.05, 4.69) is 74.2 Å². The fourth-order valence-corrected chi connectivity index (χ4v) is 14.3. The Morgan fingerprint density at radius 1 is 0.854 bits per heavy atom. The van der Waals surface area contributed by atoms with E-state index >= 15 is 0 Å². The van der Waals surface area contributed by atoms with Crippen molar-refractivity contribution < 1.29 is 29.1 Å². The van der Waals surface area contributed by atoms with E-state index in [1.165, 1.54) is 0 Å². The third-order valence-electron chi connectivity index (χ3n) is 18.1. The summed E-state index contributed by atoms with van der Waals surface area (Å²) < 4.78 is 12.4. The van der Waals surface area contributed by atoms with Gasteiger partial charge in [0, 0.05) is 99.2 Å². The van der Waals surface area contributed by atoms with Gasteiger partial charge in [0.15, 0.2) is 17.4 Å². The van der Waals surface area contributed by atoms with Crippen LogP contribution in [-0.2, 0) is 9.59 Å². The number of β-amino-alcohol motifs (C(OH)–C–C–N with tert-alkyl or cyclic N) is 1. The second-order valence-corrected chi connectivity index (χ2v) is 24.9. The van der Waals surface area contributed by atoms with E-state index in [1.54, 1.807) is 28.4 Å². The van der Waals surface area contributed by atoms with Crippen molar-refractivity contribution in [3.8, 4) is 45.2 Å². The van der Waals surface area contributed by atoms with E-state index in [9.17, 15) is 19.8 Å². The summed E-state index contributed by atoms with van der Waals surface area (Å²) in [6, 6.07) is 22.9. The lowest BCUT2D eigenvalue weighted by Gasteiger charge is -2.43. The number of nitrogen functional groups attached to an aromatic ring is 1. The summed E-state index contributed by atoms with van der Waals surface area (Å²) in [5.74, 6) is 9.83. The molecule has 19 heteroatoms. The summed E-state index contributed by atoms with van der Waals surface area (Å²) in [6.45, 7) is 14.6. The number of benzene rings is 2. The molecule has 6 atom stereocenters. The smallest absolute Gasteiger partial charge is 0.243 e. The molecular formula is C63H76N12O6S. The Morgan fingerprint density at radius 2 is 1.60 bits per heavy atom. The van der Waals surface area contributed by atoms with Crippen molar-refractivity contribution in [2.75, 3.05) is 72.8 Å². The average Bonchev–Trinajstić information content (AvgIpc) is 4.43. The number of carbonyl (C=O) groups is 2. The van der Waals surface area contributed by atoms with Gasteiger partial charge >= 0.3 is 0 Å². The number of hydrogen-bond donors (Lipinski definition) is 4. The zero-order valence-corrected chi connectivity index (χ0v) is 48.3. The third kappa shape index (κ3) is 11.8. The fourth-order valence-electron chi connectivity index (χ4n) is 13.5. The molecule has 2 bridgehead atoms. The third-order valence-corrected chi connectivity index (χ3v) is 19.1. The summed E-state index contributed by atoms with van der Waals surface area (Å²) in [5.41, 5.74) is 14.5. The number of nitrogens with zero attached hydrogens (tertiary/aromatic N) is 10. The number of anilines is 4. The maximum absolute atomic E-state index is 14.4. The number of aryl methyl sites for hydroxylation is 1. The van der Waals surface area contributed by atoms with Crippen LogP contribution in [-0.4, -0.2) is 140 Å². The number of pyridine rings is 1. The number of phenolic OH excluding ortho intramolecular Hbond substituents is 1. The van der Waals surface area contributed by atoms with E-state index in [0.717, 1.165) is 136 Å². The number of aromatic nitrogens is 5. The van der Waals surface area contributed by atoms with Crippen LogP contribution < -0.4 is 30.5 Å². The van der Waals surface area contributed by atoms with Crippen molar-refractivity contribution in [1.82, 2.24) is 40.4 Å². The number of rotatable bonds is 15. The van der Waals surface area contributed by atoms with Gasteiger partial charge in [-0.1, -0.05) is 67.2 Å². The van der Waals surface area contributed by atoms with E-state index < -0.39 is 18.1 Å². The SMILES string of the molecule is Cc1ncsc1-c1ccc([C@H](C)NC(=O)[C@@H]2C[C@@H](O)CN2C(=O)[C@@H](c2cc(N3CCC(CN4CCC(C#CC5CC(Oc6cc(N7C8CCC7CN(c7cc(-c9ccccc9O)nnc7N)C8)ccn6)C5)CC4)CC3)no2)C(C)C)cc1. The number of para-hydroxylation sites is 1. The summed E-state index contributed by atoms with van der Waals surface area (Å²) in [6.07, 6.45) is 9.67. The molecule has 12 rings (SSSR count). The minimum atomic E-state index is -0.801. The number of fused-ring (bicyclic) bond motifs is 2. The quantitative estimate of drug-likeness (QED) is 0.0710. The zero-order valence-electron chi connectivity index (χ0n) is 47.4. The van der Waals surface area contributed by atoms with Crippen molar-refractivity contribution in [1.29, 1.82) is 0 Å². The van der Waals surface area contributed by atoms with Crippen LogP contribution in [0, 0.1) is 42.4 Å². The van der Waals surface area contributed by atoms with Crippen LogP contribution in [0.15, 0.2) is 89.0 Å². The molecule has 2 unspecified atom stereocenters. The van der Waals surface area contributed by atoms with Crippen molar-refractivity contribution in [3.05, 3.63) is 102 Å². The molecule has 9 heterocycles. The zero-order chi connectivity index (χ0) is 56.6.